The lowest BCUT2D eigenvalue weighted by Gasteiger charge is -2.46. The molecule has 3 aromatic rings. The number of halogens is 2. The summed E-state index contributed by atoms with van der Waals surface area (Å²) in [4.78, 5) is 6.54. The van der Waals surface area contributed by atoms with E-state index in [0.717, 1.165) is 44.7 Å². The first kappa shape index (κ1) is 21.9. The third-order valence-corrected chi connectivity index (χ3v) is 7.17. The predicted octanol–water partition coefficient (Wildman–Crippen LogP) is 3.03. The van der Waals surface area contributed by atoms with E-state index in [9.17, 15) is 9.50 Å². The standard InChI is InChI=1S/C24H24F2N8O/c25-17-12-33(32-19(17)10-27)15-6-7-16(22(35)9-15)20-11-28-24(31-30-20)34(14-4-5-14)21-8-13-2-1-3-18(29-13)23(21)26/h6-7,9,11-14,18,21,23,29,35H,1-5,8H2/t13-,18-,21+,23-/m0/s1. The van der Waals surface area contributed by atoms with Crippen molar-refractivity contribution in [2.45, 2.75) is 68.9 Å². The Morgan fingerprint density at radius 2 is 2.06 bits per heavy atom. The van der Waals surface area contributed by atoms with E-state index in [1.807, 2.05) is 4.90 Å². The van der Waals surface area contributed by atoms with Crippen LogP contribution in [0.3, 0.4) is 0 Å². The van der Waals surface area contributed by atoms with Crippen LogP contribution in [-0.2, 0) is 0 Å². The lowest BCUT2D eigenvalue weighted by atomic mass is 9.82. The normalized spacial score (nSPS) is 25.7. The van der Waals surface area contributed by atoms with Gasteiger partial charge in [0.1, 0.15) is 23.7 Å². The Labute approximate surface area is 200 Å². The van der Waals surface area contributed by atoms with Gasteiger partial charge in [0.2, 0.25) is 5.95 Å². The van der Waals surface area contributed by atoms with Crippen molar-refractivity contribution in [3.05, 3.63) is 42.1 Å². The second-order valence-corrected chi connectivity index (χ2v) is 9.51. The van der Waals surface area contributed by atoms with Crippen LogP contribution in [0.1, 0.15) is 44.2 Å². The van der Waals surface area contributed by atoms with E-state index in [-0.39, 0.29) is 29.6 Å². The van der Waals surface area contributed by atoms with E-state index in [1.54, 1.807) is 18.2 Å². The van der Waals surface area contributed by atoms with Gasteiger partial charge < -0.3 is 15.3 Å². The summed E-state index contributed by atoms with van der Waals surface area (Å²) in [5.41, 5.74) is 0.810. The summed E-state index contributed by atoms with van der Waals surface area (Å²) in [7, 11) is 0. The van der Waals surface area contributed by atoms with E-state index in [4.69, 9.17) is 5.26 Å². The largest absolute Gasteiger partial charge is 0.507 e. The van der Waals surface area contributed by atoms with Gasteiger partial charge in [-0.05, 0) is 44.2 Å². The molecule has 2 saturated heterocycles. The minimum Gasteiger partial charge on any atom is -0.507 e. The van der Waals surface area contributed by atoms with E-state index in [0.29, 0.717) is 28.9 Å². The number of phenols is 1. The first-order valence-corrected chi connectivity index (χ1v) is 11.9. The van der Waals surface area contributed by atoms with Gasteiger partial charge in [-0.3, -0.25) is 0 Å². The number of hydrogen-bond donors (Lipinski definition) is 2. The molecule has 2 aliphatic heterocycles. The molecule has 0 unspecified atom stereocenters. The van der Waals surface area contributed by atoms with E-state index >= 15 is 4.39 Å². The molecule has 2 N–H and O–H groups in total. The Morgan fingerprint density at radius 1 is 1.20 bits per heavy atom. The molecule has 3 fully saturated rings. The smallest absolute Gasteiger partial charge is 0.245 e. The molecular weight excluding hydrogens is 454 g/mol. The van der Waals surface area contributed by atoms with Crippen molar-refractivity contribution in [2.24, 2.45) is 0 Å². The highest BCUT2D eigenvalue weighted by Gasteiger charge is 2.47. The number of phenolic OH excluding ortho intramolecular Hbond substituents is 1. The molecule has 11 heteroatoms. The van der Waals surface area contributed by atoms with Gasteiger partial charge in [-0.15, -0.1) is 10.2 Å². The number of piperidine rings is 2. The summed E-state index contributed by atoms with van der Waals surface area (Å²) in [5, 5.41) is 35.4. The van der Waals surface area contributed by atoms with Gasteiger partial charge in [0.25, 0.3) is 0 Å². The molecule has 1 saturated carbocycles. The third-order valence-electron chi connectivity index (χ3n) is 7.17. The summed E-state index contributed by atoms with van der Waals surface area (Å²) < 4.78 is 30.3. The second-order valence-electron chi connectivity index (χ2n) is 9.51. The minimum atomic E-state index is -0.985. The number of hydrogen-bond acceptors (Lipinski definition) is 8. The molecule has 2 aromatic heterocycles. The number of anilines is 1. The van der Waals surface area contributed by atoms with E-state index in [1.165, 1.54) is 16.9 Å². The van der Waals surface area contributed by atoms with Gasteiger partial charge in [0, 0.05) is 29.8 Å². The summed E-state index contributed by atoms with van der Waals surface area (Å²) in [5.74, 6) is -0.444. The van der Waals surface area contributed by atoms with Crippen molar-refractivity contribution in [1.82, 2.24) is 30.3 Å². The highest BCUT2D eigenvalue weighted by atomic mass is 19.1. The molecule has 1 aliphatic carbocycles. The van der Waals surface area contributed by atoms with Crippen molar-refractivity contribution in [3.63, 3.8) is 0 Å². The molecule has 3 aliphatic rings. The number of aromatic nitrogens is 5. The quantitative estimate of drug-likeness (QED) is 0.575. The first-order valence-electron chi connectivity index (χ1n) is 11.9. The van der Waals surface area contributed by atoms with Gasteiger partial charge in [-0.1, -0.05) is 6.42 Å². The SMILES string of the molecule is N#Cc1nn(-c2ccc(-c3cnc(N(C4CC4)[C@@H]4C[C@@H]5CCC[C@H](N5)[C@@H]4F)nn3)c(O)c2)cc1F. The molecule has 0 amide bonds. The van der Waals surface area contributed by atoms with Gasteiger partial charge in [-0.2, -0.15) is 10.4 Å². The molecular formula is C24H24F2N8O. The van der Waals surface area contributed by atoms with Crippen molar-refractivity contribution < 1.29 is 13.9 Å². The summed E-state index contributed by atoms with van der Waals surface area (Å²) in [6.07, 6.45) is 7.29. The molecule has 0 spiro atoms. The summed E-state index contributed by atoms with van der Waals surface area (Å²) >= 11 is 0. The number of nitrogens with zero attached hydrogens (tertiary/aromatic N) is 7. The maximum absolute atomic E-state index is 15.4. The van der Waals surface area contributed by atoms with Crippen LogP contribution in [0.25, 0.3) is 16.9 Å². The Balaban J connectivity index is 1.26. The Morgan fingerprint density at radius 3 is 2.74 bits per heavy atom. The zero-order valence-corrected chi connectivity index (χ0v) is 18.8. The van der Waals surface area contributed by atoms with Gasteiger partial charge in [-0.25, -0.2) is 18.4 Å². The van der Waals surface area contributed by atoms with Crippen molar-refractivity contribution >= 4 is 5.95 Å². The first-order chi connectivity index (χ1) is 17.0. The Bertz CT molecular complexity index is 1290. The number of nitrogens with one attached hydrogen (secondary N) is 1. The zero-order chi connectivity index (χ0) is 24.1. The highest BCUT2D eigenvalue weighted by molar-refractivity contribution is 5.68. The van der Waals surface area contributed by atoms with Crippen molar-refractivity contribution in [3.8, 4) is 28.8 Å². The number of rotatable bonds is 5. The molecule has 1 aromatic carbocycles. The molecule has 6 rings (SSSR count). The molecule has 180 valence electrons. The van der Waals surface area contributed by atoms with Crippen LogP contribution in [0.5, 0.6) is 5.75 Å². The minimum absolute atomic E-state index is 0.116. The number of fused-ring (bicyclic) bond motifs is 2. The van der Waals surface area contributed by atoms with Crippen LogP contribution in [-0.4, -0.2) is 60.4 Å². The Kier molecular flexibility index (Phi) is 5.33. The number of nitriles is 1. The maximum Gasteiger partial charge on any atom is 0.245 e. The number of aromatic hydroxyl groups is 1. The highest BCUT2D eigenvalue weighted by Crippen LogP contribution is 2.39. The summed E-state index contributed by atoms with van der Waals surface area (Å²) in [6.45, 7) is 0. The molecule has 4 heterocycles. The molecule has 9 nitrogen and oxygen atoms in total. The van der Waals surface area contributed by atoms with E-state index < -0.39 is 12.0 Å². The number of benzene rings is 1. The number of alkyl halides is 1. The van der Waals surface area contributed by atoms with Crippen LogP contribution >= 0.6 is 0 Å². The van der Waals surface area contributed by atoms with Crippen LogP contribution in [0, 0.1) is 17.1 Å². The van der Waals surface area contributed by atoms with Crippen molar-refractivity contribution in [1.29, 1.82) is 5.26 Å². The zero-order valence-electron chi connectivity index (χ0n) is 18.8. The van der Waals surface area contributed by atoms with Gasteiger partial charge in [0.05, 0.1) is 24.1 Å². The second kappa shape index (κ2) is 8.53. The third kappa shape index (κ3) is 3.97. The molecule has 4 atom stereocenters. The van der Waals surface area contributed by atoms with Crippen LogP contribution in [0.4, 0.5) is 14.7 Å². The molecule has 2 bridgehead atoms. The lowest BCUT2D eigenvalue weighted by Crippen LogP contribution is -2.62. The lowest BCUT2D eigenvalue weighted by molar-refractivity contribution is 0.103. The fourth-order valence-electron chi connectivity index (χ4n) is 5.33. The van der Waals surface area contributed by atoms with Crippen molar-refractivity contribution in [2.75, 3.05) is 4.90 Å². The average molecular weight is 479 g/mol. The Hall–Kier alpha value is -3.65. The average Bonchev–Trinajstić information content (AvgIpc) is 3.63. The monoisotopic (exact) mass is 478 g/mol. The molecule has 35 heavy (non-hydrogen) atoms. The van der Waals surface area contributed by atoms with Crippen LogP contribution < -0.4 is 10.2 Å². The van der Waals surface area contributed by atoms with Gasteiger partial charge in [0.15, 0.2) is 11.5 Å². The predicted molar refractivity (Wildman–Crippen MR) is 122 cm³/mol. The summed E-state index contributed by atoms with van der Waals surface area (Å²) in [6, 6.07) is 6.45. The maximum atomic E-state index is 15.4. The fourth-order valence-corrected chi connectivity index (χ4v) is 5.33. The van der Waals surface area contributed by atoms with Crippen LogP contribution in [0.15, 0.2) is 30.6 Å². The topological polar surface area (TPSA) is 116 Å². The van der Waals surface area contributed by atoms with Gasteiger partial charge >= 0.3 is 0 Å². The molecule has 0 radical (unpaired) electrons. The van der Waals surface area contributed by atoms with Crippen LogP contribution in [0.2, 0.25) is 0 Å². The fraction of sp³-hybridized carbons (Fsp3) is 0.458. The van der Waals surface area contributed by atoms with E-state index in [2.05, 4.69) is 25.6 Å².